The Morgan fingerprint density at radius 1 is 1.27 bits per heavy atom. The molecular formula is C32H27CeF5IN6O2S-. The van der Waals surface area contributed by atoms with Crippen LogP contribution < -0.4 is 20.1 Å². The van der Waals surface area contributed by atoms with Crippen LogP contribution in [0.4, 0.5) is 32.8 Å². The Hall–Kier alpha value is -1.85. The van der Waals surface area contributed by atoms with Gasteiger partial charge in [-0.3, -0.25) is 4.90 Å². The predicted octanol–water partition coefficient (Wildman–Crippen LogP) is 6.87. The maximum atomic E-state index is 17.1. The summed E-state index contributed by atoms with van der Waals surface area (Å²) < 4.78 is 88.1. The van der Waals surface area contributed by atoms with Crippen molar-refractivity contribution >= 4 is 65.7 Å². The van der Waals surface area contributed by atoms with Crippen LogP contribution in [0.25, 0.3) is 32.1 Å². The van der Waals surface area contributed by atoms with Gasteiger partial charge >= 0.3 is 6.01 Å². The maximum absolute atomic E-state index is 17.1. The smallest absolute Gasteiger partial charge is 0.319 e. The number of hydrogen-bond acceptors (Lipinski definition) is 9. The average Bonchev–Trinajstić information content (AvgIpc) is 3.78. The fourth-order valence-corrected chi connectivity index (χ4v) is 9.69. The zero-order valence-electron chi connectivity index (χ0n) is 25.2. The topological polar surface area (TPSA) is 101 Å². The molecule has 5 heterocycles. The summed E-state index contributed by atoms with van der Waals surface area (Å²) in [5.41, 5.74) is 5.55. The van der Waals surface area contributed by atoms with Crippen LogP contribution in [0.1, 0.15) is 32.1 Å². The monoisotopic (exact) mass is 921 g/mol. The molecule has 2 aromatic heterocycles. The molecule has 0 radical (unpaired) electrons. The molecule has 0 amide bonds. The summed E-state index contributed by atoms with van der Waals surface area (Å²) in [4.78, 5) is 12.6. The van der Waals surface area contributed by atoms with E-state index in [2.05, 4.69) is 27.0 Å². The van der Waals surface area contributed by atoms with Gasteiger partial charge in [-0.25, -0.2) is 22.0 Å². The number of nitrogen functional groups attached to an aromatic ring is 1. The van der Waals surface area contributed by atoms with E-state index >= 15 is 4.39 Å². The number of ether oxygens (including phenoxy) is 2. The summed E-state index contributed by atoms with van der Waals surface area (Å²) in [6, 6.07) is 6.93. The first-order valence-electron chi connectivity index (χ1n) is 15.3. The van der Waals surface area contributed by atoms with Gasteiger partial charge in [0, 0.05) is 66.1 Å². The summed E-state index contributed by atoms with van der Waals surface area (Å²) in [5, 5.41) is 10.4. The van der Waals surface area contributed by atoms with Crippen LogP contribution >= 0.6 is 33.9 Å². The van der Waals surface area contributed by atoms with E-state index in [1.165, 1.54) is 17.0 Å². The van der Waals surface area contributed by atoms with Crippen molar-refractivity contribution in [2.75, 3.05) is 36.9 Å². The minimum Gasteiger partial charge on any atom is -0.486 e. The van der Waals surface area contributed by atoms with Crippen molar-refractivity contribution in [3.8, 4) is 29.0 Å². The van der Waals surface area contributed by atoms with Gasteiger partial charge in [0.25, 0.3) is 6.43 Å². The van der Waals surface area contributed by atoms with E-state index < -0.39 is 54.4 Å². The number of aromatic nitrogens is 2. The zero-order valence-corrected chi connectivity index (χ0v) is 31.3. The molecule has 250 valence electrons. The molecule has 4 aliphatic rings. The molecule has 4 aromatic rings. The molecule has 8 rings (SSSR count). The van der Waals surface area contributed by atoms with E-state index in [1.807, 2.05) is 22.6 Å². The van der Waals surface area contributed by atoms with Gasteiger partial charge in [-0.05, 0) is 64.7 Å². The number of thiophene rings is 1. The minimum absolute atomic E-state index is 0. The van der Waals surface area contributed by atoms with Crippen molar-refractivity contribution in [2.45, 2.75) is 62.4 Å². The molecule has 2 aromatic carbocycles. The Kier molecular flexibility index (Phi) is 9.40. The number of nitriles is 1. The molecule has 3 fully saturated rings. The molecule has 0 bridgehead atoms. The molecule has 2 N–H and O–H groups in total. The predicted molar refractivity (Wildman–Crippen MR) is 175 cm³/mol. The normalized spacial score (nSPS) is 26.3. The Balaban J connectivity index is 0.00000364. The first kappa shape index (κ1) is 34.6. The molecule has 3 aliphatic heterocycles. The average molecular weight is 922 g/mol. The van der Waals surface area contributed by atoms with Crippen LogP contribution in [0, 0.1) is 80.3 Å². The van der Waals surface area contributed by atoms with Gasteiger partial charge in [-0.1, -0.05) is 0 Å². The number of hydrogen-bond donors (Lipinski definition) is 1. The van der Waals surface area contributed by atoms with Crippen LogP contribution in [0.2, 0.25) is 0 Å². The van der Waals surface area contributed by atoms with E-state index in [0.717, 1.165) is 24.3 Å². The SMILES string of the molecule is N#CC1CC2Oc3c(I)c(-c4ccc(F)c5sc(N)[c-]c45)c(F)c4nc(OC[C@@]56CCCN5C[C@H](F)C6)nc(c34)N(CC(F)F)C2C1.[Ce]. The first-order valence-corrected chi connectivity index (χ1v) is 17.2. The quantitative estimate of drug-likeness (QED) is 0.127. The number of nitrogens with two attached hydrogens (primary N) is 1. The van der Waals surface area contributed by atoms with Gasteiger partial charge in [0.2, 0.25) is 0 Å². The maximum Gasteiger partial charge on any atom is 0.319 e. The summed E-state index contributed by atoms with van der Waals surface area (Å²) in [6.45, 7) is 0.328. The number of halogens is 6. The third-order valence-corrected chi connectivity index (χ3v) is 11.9. The number of benzene rings is 2. The Labute approximate surface area is 323 Å². The van der Waals surface area contributed by atoms with Gasteiger partial charge in [-0.15, -0.1) is 17.7 Å². The molecule has 48 heavy (non-hydrogen) atoms. The number of fused-ring (bicyclic) bond motifs is 3. The third kappa shape index (κ3) is 5.60. The van der Waals surface area contributed by atoms with Crippen LogP contribution in [-0.4, -0.2) is 71.4 Å². The van der Waals surface area contributed by atoms with Gasteiger partial charge in [-0.2, -0.15) is 32.0 Å². The second-order valence-corrected chi connectivity index (χ2v) is 14.8. The van der Waals surface area contributed by atoms with Crippen molar-refractivity contribution < 1.29 is 73.2 Å². The summed E-state index contributed by atoms with van der Waals surface area (Å²) >= 11 is 2.93. The molecule has 1 aliphatic carbocycles. The van der Waals surface area contributed by atoms with Crippen molar-refractivity contribution in [3.05, 3.63) is 33.4 Å². The molecule has 8 nitrogen and oxygen atoms in total. The largest absolute Gasteiger partial charge is 0.486 e. The molecular weight excluding hydrogens is 894 g/mol. The van der Waals surface area contributed by atoms with Crippen molar-refractivity contribution in [3.63, 3.8) is 0 Å². The zero-order chi connectivity index (χ0) is 32.8. The van der Waals surface area contributed by atoms with E-state index in [4.69, 9.17) is 15.2 Å². The first-order chi connectivity index (χ1) is 22.6. The molecule has 3 unspecified atom stereocenters. The number of anilines is 2. The summed E-state index contributed by atoms with van der Waals surface area (Å²) in [6.07, 6.45) is -2.10. The molecule has 5 atom stereocenters. The Morgan fingerprint density at radius 3 is 2.85 bits per heavy atom. The Morgan fingerprint density at radius 2 is 2.08 bits per heavy atom. The fraction of sp³-hybridized carbons (Fsp3) is 0.469. The Bertz CT molecular complexity index is 1980. The van der Waals surface area contributed by atoms with Crippen molar-refractivity contribution in [1.82, 2.24) is 14.9 Å². The second kappa shape index (κ2) is 13.0. The van der Waals surface area contributed by atoms with Gasteiger partial charge in [0.1, 0.15) is 41.8 Å². The standard InChI is InChI=1S/C32H27F5IN6O2S.Ce/c33-15-9-32(4-1-5-43(32)11-15)13-45-31-41-27-24-28(46-20-7-14(10-39)6-19(20)44(12-21(35)36)30(24)42-31)26(38)23(25(27)37)16-2-3-18(34)29-17(16)8-22(40)47-29;/h2-3,14-15,19-21H,1,4-7,9,11-13,40H2;/q-1;/t14?,15-,19?,20?,32+;/m1./s1. The summed E-state index contributed by atoms with van der Waals surface area (Å²) in [5.74, 6) is -1.60. The molecule has 2 saturated heterocycles. The molecule has 1 saturated carbocycles. The van der Waals surface area contributed by atoms with Gasteiger partial charge in [0.05, 0.1) is 44.9 Å². The van der Waals surface area contributed by atoms with E-state index in [1.54, 1.807) is 0 Å². The van der Waals surface area contributed by atoms with E-state index in [0.29, 0.717) is 22.1 Å². The molecule has 0 spiro atoms. The van der Waals surface area contributed by atoms with Gasteiger partial charge < -0.3 is 20.1 Å². The van der Waals surface area contributed by atoms with Crippen molar-refractivity contribution in [1.29, 1.82) is 5.26 Å². The van der Waals surface area contributed by atoms with Crippen LogP contribution in [0.3, 0.4) is 0 Å². The fourth-order valence-electron chi connectivity index (χ4n) is 7.97. The number of rotatable bonds is 6. The second-order valence-electron chi connectivity index (χ2n) is 12.7. The van der Waals surface area contributed by atoms with Crippen LogP contribution in [-0.2, 0) is 0 Å². The number of alkyl halides is 3. The van der Waals surface area contributed by atoms with Gasteiger partial charge in [0.15, 0.2) is 0 Å². The molecule has 16 heteroatoms. The van der Waals surface area contributed by atoms with Crippen LogP contribution in [0.15, 0.2) is 12.1 Å². The van der Waals surface area contributed by atoms with E-state index in [-0.39, 0.29) is 117 Å². The van der Waals surface area contributed by atoms with Crippen molar-refractivity contribution in [2.24, 2.45) is 5.92 Å². The third-order valence-electron chi connectivity index (χ3n) is 9.94. The van der Waals surface area contributed by atoms with E-state index in [9.17, 15) is 22.8 Å². The summed E-state index contributed by atoms with van der Waals surface area (Å²) in [7, 11) is 0. The van der Waals surface area contributed by atoms with Crippen LogP contribution in [0.5, 0.6) is 11.8 Å². The number of nitrogens with zero attached hydrogens (tertiary/aromatic N) is 5. The minimum atomic E-state index is -2.78.